The van der Waals surface area contributed by atoms with E-state index in [0.717, 1.165) is 30.4 Å². The van der Waals surface area contributed by atoms with Gasteiger partial charge >= 0.3 is 0 Å². The second kappa shape index (κ2) is 12.1. The number of nitrogens with zero attached hydrogens (tertiary/aromatic N) is 1. The summed E-state index contributed by atoms with van der Waals surface area (Å²) in [5.74, 6) is -0.355. The Bertz CT molecular complexity index is 1020. The SMILES string of the molecule is C=C(C)C1CC=C(C[N+](C)(C)CC(OCCCc2c(F)cccc2F)c2c(C)cccc2C)CC1. The zero-order valence-corrected chi connectivity index (χ0v) is 22.2. The Hall–Kier alpha value is -2.30. The van der Waals surface area contributed by atoms with Gasteiger partial charge in [-0.25, -0.2) is 8.78 Å². The Kier molecular flexibility index (Phi) is 9.43. The summed E-state index contributed by atoms with van der Waals surface area (Å²) in [7, 11) is 4.54. The lowest BCUT2D eigenvalue weighted by Gasteiger charge is -2.36. The van der Waals surface area contributed by atoms with Gasteiger partial charge in [0, 0.05) is 12.2 Å². The summed E-state index contributed by atoms with van der Waals surface area (Å²) in [6, 6.07) is 10.4. The number of ether oxygens (including phenoxy) is 1. The number of likely N-dealkylation sites (N-methyl/N-ethyl adjacent to an activating group) is 1. The molecule has 0 N–H and O–H groups in total. The fourth-order valence-electron chi connectivity index (χ4n) is 5.35. The van der Waals surface area contributed by atoms with Gasteiger partial charge in [-0.05, 0) is 93.2 Å². The molecular weight excluding hydrogens is 440 g/mol. The maximum absolute atomic E-state index is 14.0. The molecule has 0 bridgehead atoms. The van der Waals surface area contributed by atoms with Gasteiger partial charge in [-0.15, -0.1) is 0 Å². The number of benzene rings is 2. The van der Waals surface area contributed by atoms with Crippen LogP contribution in [0.4, 0.5) is 8.78 Å². The van der Waals surface area contributed by atoms with Gasteiger partial charge in [0.05, 0.1) is 20.6 Å². The topological polar surface area (TPSA) is 9.23 Å². The van der Waals surface area contributed by atoms with Gasteiger partial charge in [-0.2, -0.15) is 0 Å². The Morgan fingerprint density at radius 2 is 1.71 bits per heavy atom. The van der Waals surface area contributed by atoms with Crippen molar-refractivity contribution >= 4 is 0 Å². The van der Waals surface area contributed by atoms with E-state index >= 15 is 0 Å². The molecule has 2 aromatic rings. The average Bonchev–Trinajstić information content (AvgIpc) is 2.77. The number of rotatable bonds is 11. The number of hydrogen-bond acceptors (Lipinski definition) is 1. The standard InChI is InChI=1S/C31H42F2NO/c1-22(2)26-17-15-25(16-18-26)20-34(5,6)21-30(31-23(3)10-7-11-24(31)4)35-19-9-12-27-28(32)13-8-14-29(27)33/h7-8,10-11,13-15,26,30H,1,9,12,16-21H2,2-6H3/q+1. The van der Waals surface area contributed by atoms with Gasteiger partial charge in [0.1, 0.15) is 24.3 Å². The van der Waals surface area contributed by atoms with Crippen LogP contribution in [0.25, 0.3) is 0 Å². The summed E-state index contributed by atoms with van der Waals surface area (Å²) in [5, 5.41) is 0. The maximum atomic E-state index is 14.0. The van der Waals surface area contributed by atoms with Crippen molar-refractivity contribution in [2.75, 3.05) is 33.8 Å². The molecular formula is C31H42F2NO+. The minimum absolute atomic E-state index is 0.0796. The molecule has 1 aliphatic rings. The van der Waals surface area contributed by atoms with Gasteiger partial charge < -0.3 is 9.22 Å². The predicted octanol–water partition coefficient (Wildman–Crippen LogP) is 7.65. The fraction of sp³-hybridized carbons (Fsp3) is 0.484. The minimum atomic E-state index is -0.483. The summed E-state index contributed by atoms with van der Waals surface area (Å²) in [6.45, 7) is 12.8. The molecule has 4 heteroatoms. The van der Waals surface area contributed by atoms with Gasteiger partial charge in [0.25, 0.3) is 0 Å². The smallest absolute Gasteiger partial charge is 0.132 e. The molecule has 2 aromatic carbocycles. The van der Waals surface area contributed by atoms with Crippen molar-refractivity contribution in [3.05, 3.63) is 94.1 Å². The van der Waals surface area contributed by atoms with E-state index < -0.39 is 11.6 Å². The predicted molar refractivity (Wildman–Crippen MR) is 141 cm³/mol. The van der Waals surface area contributed by atoms with E-state index in [1.54, 1.807) is 0 Å². The van der Waals surface area contributed by atoms with Gasteiger partial charge in [-0.3, -0.25) is 0 Å². The van der Waals surface area contributed by atoms with Gasteiger partial charge in [0.2, 0.25) is 0 Å². The monoisotopic (exact) mass is 482 g/mol. The van der Waals surface area contributed by atoms with E-state index in [0.29, 0.717) is 25.4 Å². The van der Waals surface area contributed by atoms with Crippen molar-refractivity contribution in [3.8, 4) is 0 Å². The molecule has 2 unspecified atom stereocenters. The van der Waals surface area contributed by atoms with Crippen molar-refractivity contribution in [2.24, 2.45) is 5.92 Å². The van der Waals surface area contributed by atoms with Crippen molar-refractivity contribution in [1.29, 1.82) is 0 Å². The molecule has 0 aliphatic heterocycles. The van der Waals surface area contributed by atoms with Gasteiger partial charge in [-0.1, -0.05) is 42.5 Å². The maximum Gasteiger partial charge on any atom is 0.132 e. The molecule has 3 rings (SSSR count). The highest BCUT2D eigenvalue weighted by Gasteiger charge is 2.28. The minimum Gasteiger partial charge on any atom is -0.368 e. The Labute approximate surface area is 210 Å². The lowest BCUT2D eigenvalue weighted by molar-refractivity contribution is -0.889. The lowest BCUT2D eigenvalue weighted by Crippen LogP contribution is -2.45. The van der Waals surface area contributed by atoms with E-state index in [1.165, 1.54) is 52.5 Å². The highest BCUT2D eigenvalue weighted by molar-refractivity contribution is 5.35. The summed E-state index contributed by atoms with van der Waals surface area (Å²) >= 11 is 0. The lowest BCUT2D eigenvalue weighted by atomic mass is 9.85. The van der Waals surface area contributed by atoms with Crippen LogP contribution >= 0.6 is 0 Å². The first kappa shape index (κ1) is 27.3. The first-order chi connectivity index (χ1) is 16.6. The molecule has 2 atom stereocenters. The Morgan fingerprint density at radius 3 is 2.29 bits per heavy atom. The molecule has 35 heavy (non-hydrogen) atoms. The molecule has 190 valence electrons. The summed E-state index contributed by atoms with van der Waals surface area (Å²) < 4.78 is 35.4. The highest BCUT2D eigenvalue weighted by Crippen LogP contribution is 2.31. The van der Waals surface area contributed by atoms with Crippen LogP contribution in [0.2, 0.25) is 0 Å². The molecule has 0 fully saturated rings. The molecule has 1 aliphatic carbocycles. The molecule has 0 aromatic heterocycles. The van der Waals surface area contributed by atoms with E-state index in [4.69, 9.17) is 4.74 Å². The second-order valence-electron chi connectivity index (χ2n) is 10.9. The highest BCUT2D eigenvalue weighted by atomic mass is 19.1. The number of allylic oxidation sites excluding steroid dienone is 2. The summed E-state index contributed by atoms with van der Waals surface area (Å²) in [4.78, 5) is 0. The van der Waals surface area contributed by atoms with Crippen molar-refractivity contribution in [1.82, 2.24) is 0 Å². The average molecular weight is 483 g/mol. The van der Waals surface area contributed by atoms with Crippen LogP contribution in [0.15, 0.2) is 60.2 Å². The second-order valence-corrected chi connectivity index (χ2v) is 10.9. The Balaban J connectivity index is 1.69. The van der Waals surface area contributed by atoms with E-state index in [2.05, 4.69) is 65.7 Å². The first-order valence-corrected chi connectivity index (χ1v) is 12.8. The Morgan fingerprint density at radius 1 is 1.09 bits per heavy atom. The summed E-state index contributed by atoms with van der Waals surface area (Å²) in [5.41, 5.74) is 6.62. The van der Waals surface area contributed by atoms with Crippen molar-refractivity contribution in [2.45, 2.75) is 59.0 Å². The van der Waals surface area contributed by atoms with Gasteiger partial charge in [0.15, 0.2) is 0 Å². The number of aryl methyl sites for hydroxylation is 2. The molecule has 2 nitrogen and oxygen atoms in total. The molecule has 0 heterocycles. The van der Waals surface area contributed by atoms with E-state index in [1.807, 2.05) is 0 Å². The normalized spacial score (nSPS) is 17.2. The summed E-state index contributed by atoms with van der Waals surface area (Å²) in [6.07, 6.45) is 6.64. The third-order valence-corrected chi connectivity index (χ3v) is 7.31. The van der Waals surface area contributed by atoms with E-state index in [9.17, 15) is 8.78 Å². The molecule has 0 spiro atoms. The first-order valence-electron chi connectivity index (χ1n) is 12.8. The molecule has 0 radical (unpaired) electrons. The van der Waals surface area contributed by atoms with Crippen LogP contribution in [0.5, 0.6) is 0 Å². The van der Waals surface area contributed by atoms with Crippen LogP contribution in [-0.2, 0) is 11.2 Å². The van der Waals surface area contributed by atoms with Crippen LogP contribution in [0.3, 0.4) is 0 Å². The van der Waals surface area contributed by atoms with Crippen LogP contribution < -0.4 is 0 Å². The number of halogens is 2. The largest absolute Gasteiger partial charge is 0.368 e. The zero-order chi connectivity index (χ0) is 25.6. The molecule has 0 saturated carbocycles. The third kappa shape index (κ3) is 7.59. The van der Waals surface area contributed by atoms with Crippen LogP contribution in [-0.4, -0.2) is 38.3 Å². The quantitative estimate of drug-likeness (QED) is 0.182. The fourth-order valence-corrected chi connectivity index (χ4v) is 5.35. The zero-order valence-electron chi connectivity index (χ0n) is 22.2. The van der Waals surface area contributed by atoms with Crippen molar-refractivity contribution < 1.29 is 18.0 Å². The van der Waals surface area contributed by atoms with Crippen LogP contribution in [0.1, 0.15) is 61.0 Å². The molecule has 0 saturated heterocycles. The third-order valence-electron chi connectivity index (χ3n) is 7.31. The number of quaternary nitrogens is 1. The van der Waals surface area contributed by atoms with Crippen molar-refractivity contribution in [3.63, 3.8) is 0 Å². The molecule has 0 amide bonds. The number of hydrogen-bond donors (Lipinski definition) is 0. The van der Waals surface area contributed by atoms with E-state index in [-0.39, 0.29) is 11.7 Å². The van der Waals surface area contributed by atoms with Crippen LogP contribution in [0, 0.1) is 31.4 Å².